The number of rotatable bonds is 60. The minimum atomic E-state index is -4.61. The molecule has 3 unspecified atom stereocenters. The smallest absolute Gasteiger partial charge is 0.268 e. The van der Waals surface area contributed by atoms with Crippen molar-refractivity contribution >= 4 is 13.7 Å². The van der Waals surface area contributed by atoms with Gasteiger partial charge in [0, 0.05) is 6.42 Å². The number of aliphatic hydroxyl groups excluding tert-OH is 1. The van der Waals surface area contributed by atoms with Gasteiger partial charge in [-0.05, 0) is 83.5 Å². The quantitative estimate of drug-likeness (QED) is 0.0272. The summed E-state index contributed by atoms with van der Waals surface area (Å²) < 4.78 is 23.4. The first-order chi connectivity index (χ1) is 39.0. The number of carbonyl (C=O) groups excluding carboxylic acids is 1. The van der Waals surface area contributed by atoms with Crippen LogP contribution in [0.3, 0.4) is 0 Å². The average molecular weight is 1140 g/mol. The SMILES string of the molecule is CC/C=C\C/C=C\C/C=C\C/C=C\C/C=C\C/C=C\C/C=C\C/C=C\CCCCCCCCCCC(=O)NC(COP(=O)([O-])OCC[N+](C)(C)C)C(O)/C=C/CCCCCCCCCCCCCCCCCCCCCCCCC. The van der Waals surface area contributed by atoms with Gasteiger partial charge in [-0.1, -0.05) is 303 Å². The summed E-state index contributed by atoms with van der Waals surface area (Å²) in [5.41, 5.74) is 0. The topological polar surface area (TPSA) is 108 Å². The van der Waals surface area contributed by atoms with E-state index < -0.39 is 20.0 Å². The van der Waals surface area contributed by atoms with Crippen molar-refractivity contribution in [3.63, 3.8) is 0 Å². The zero-order chi connectivity index (χ0) is 58.4. The van der Waals surface area contributed by atoms with Crippen molar-refractivity contribution in [2.24, 2.45) is 0 Å². The molecule has 0 saturated heterocycles. The Morgan fingerprint density at radius 1 is 0.450 bits per heavy atom. The van der Waals surface area contributed by atoms with Gasteiger partial charge in [0.2, 0.25) is 5.91 Å². The number of nitrogens with one attached hydrogen (secondary N) is 1. The number of amides is 1. The summed E-state index contributed by atoms with van der Waals surface area (Å²) >= 11 is 0. The Bertz CT molecular complexity index is 1670. The van der Waals surface area contributed by atoms with E-state index in [4.69, 9.17) is 9.05 Å². The molecule has 0 spiro atoms. The van der Waals surface area contributed by atoms with Crippen LogP contribution < -0.4 is 10.2 Å². The molecule has 0 aliphatic carbocycles. The van der Waals surface area contributed by atoms with Crippen molar-refractivity contribution in [2.75, 3.05) is 40.9 Å². The lowest BCUT2D eigenvalue weighted by Crippen LogP contribution is -2.45. The van der Waals surface area contributed by atoms with Gasteiger partial charge in [-0.2, -0.15) is 0 Å². The number of quaternary nitrogens is 1. The van der Waals surface area contributed by atoms with Crippen LogP contribution in [0.2, 0.25) is 0 Å². The summed E-state index contributed by atoms with van der Waals surface area (Å²) in [6.45, 7) is 4.55. The first kappa shape index (κ1) is 77.2. The van der Waals surface area contributed by atoms with Gasteiger partial charge in [-0.25, -0.2) is 0 Å². The van der Waals surface area contributed by atoms with Crippen molar-refractivity contribution in [1.29, 1.82) is 0 Å². The fourth-order valence-electron chi connectivity index (χ4n) is 9.35. The molecule has 0 saturated carbocycles. The van der Waals surface area contributed by atoms with E-state index in [0.29, 0.717) is 17.4 Å². The number of phosphoric ester groups is 1. The number of likely N-dealkylation sites (N-methyl/N-ethyl adjacent to an activating group) is 1. The number of unbranched alkanes of at least 4 members (excludes halogenated alkanes) is 31. The van der Waals surface area contributed by atoms with Crippen LogP contribution in [0.15, 0.2) is 109 Å². The first-order valence-corrected chi connectivity index (χ1v) is 34.7. The van der Waals surface area contributed by atoms with Crippen LogP contribution in [-0.4, -0.2) is 68.5 Å². The Morgan fingerprint density at radius 2 is 0.762 bits per heavy atom. The third kappa shape index (κ3) is 62.8. The lowest BCUT2D eigenvalue weighted by molar-refractivity contribution is -0.870. The van der Waals surface area contributed by atoms with Crippen molar-refractivity contribution in [1.82, 2.24) is 5.32 Å². The van der Waals surface area contributed by atoms with Gasteiger partial charge in [0.05, 0.1) is 39.9 Å². The number of phosphoric acid groups is 1. The molecule has 0 aromatic rings. The molecule has 1 amide bonds. The van der Waals surface area contributed by atoms with E-state index in [1.165, 1.54) is 161 Å². The Labute approximate surface area is 495 Å². The largest absolute Gasteiger partial charge is 0.756 e. The van der Waals surface area contributed by atoms with Crippen LogP contribution in [0.1, 0.15) is 284 Å². The molecule has 8 nitrogen and oxygen atoms in total. The standard InChI is InChI=1S/C71H127N2O6P/c1-6-8-10-12-14-16-18-20-22-24-26-28-30-32-33-34-35-36-37-38-39-41-43-45-47-49-51-53-55-57-59-61-63-65-71(75)72-69(68-79-80(76,77)78-67-66-73(3,4)5)70(74)64-62-60-58-56-54-52-50-48-46-44-42-40-31-29-27-25-23-21-19-17-15-13-11-9-7-2/h8,10,14,16,20,22,26,28,32-33,35-36,38-39,43,45,62,64,69-70,74H,6-7,9,11-13,15,17-19,21,23-25,27,29-31,34,37,40-42,44,46-61,63,65-68H2,1-5H3,(H-,72,75,76,77)/b10-8-,16-14-,22-20-,28-26-,33-32-,36-35-,39-38-,45-43-,64-62+. The zero-order valence-electron chi connectivity index (χ0n) is 52.7. The fourth-order valence-corrected chi connectivity index (χ4v) is 10.1. The molecule has 0 aliphatic rings. The first-order valence-electron chi connectivity index (χ1n) is 33.2. The minimum Gasteiger partial charge on any atom is -0.756 e. The summed E-state index contributed by atoms with van der Waals surface area (Å²) in [5.74, 6) is -0.207. The lowest BCUT2D eigenvalue weighted by atomic mass is 10.0. The third-order valence-corrected chi connectivity index (χ3v) is 15.5. The number of hydrogen-bond donors (Lipinski definition) is 2. The van der Waals surface area contributed by atoms with E-state index in [-0.39, 0.29) is 19.1 Å². The molecule has 3 atom stereocenters. The molecule has 0 radical (unpaired) electrons. The normalized spacial score (nSPS) is 14.4. The third-order valence-electron chi connectivity index (χ3n) is 14.5. The molecule has 0 bridgehead atoms. The van der Waals surface area contributed by atoms with Crippen LogP contribution in [0, 0.1) is 0 Å². The highest BCUT2D eigenvalue weighted by molar-refractivity contribution is 7.45. The number of carbonyl (C=O) groups is 1. The van der Waals surface area contributed by atoms with E-state index >= 15 is 0 Å². The number of nitrogens with zero attached hydrogens (tertiary/aromatic N) is 1. The molecule has 0 heterocycles. The molecule has 462 valence electrons. The van der Waals surface area contributed by atoms with Gasteiger partial charge in [0.1, 0.15) is 13.2 Å². The Balaban J connectivity index is 4.18. The van der Waals surface area contributed by atoms with Gasteiger partial charge >= 0.3 is 0 Å². The zero-order valence-corrected chi connectivity index (χ0v) is 53.6. The average Bonchev–Trinajstić information content (AvgIpc) is 3.42. The van der Waals surface area contributed by atoms with Gasteiger partial charge < -0.3 is 28.8 Å². The predicted octanol–water partition coefficient (Wildman–Crippen LogP) is 20.5. The molecule has 9 heteroatoms. The van der Waals surface area contributed by atoms with E-state index in [9.17, 15) is 19.4 Å². The maximum atomic E-state index is 13.0. The molecule has 0 aliphatic heterocycles. The number of allylic oxidation sites excluding steroid dienone is 17. The molecule has 0 aromatic heterocycles. The second-order valence-corrected chi connectivity index (χ2v) is 24.9. The summed E-state index contributed by atoms with van der Waals surface area (Å²) in [6, 6.07) is -0.900. The predicted molar refractivity (Wildman–Crippen MR) is 348 cm³/mol. The monoisotopic (exact) mass is 1130 g/mol. The van der Waals surface area contributed by atoms with Crippen molar-refractivity contribution in [3.8, 4) is 0 Å². The molecule has 0 fully saturated rings. The number of aliphatic hydroxyl groups is 1. The summed E-state index contributed by atoms with van der Waals surface area (Å²) in [6.07, 6.45) is 89.0. The molecular weight excluding hydrogens is 1010 g/mol. The van der Waals surface area contributed by atoms with Crippen molar-refractivity contribution in [2.45, 2.75) is 296 Å². The second kappa shape index (κ2) is 60.7. The molecular formula is C71H127N2O6P. The summed E-state index contributed by atoms with van der Waals surface area (Å²) in [7, 11) is 1.25. The fraction of sp³-hybridized carbons (Fsp3) is 0.732. The molecule has 0 rings (SSSR count). The molecule has 80 heavy (non-hydrogen) atoms. The summed E-state index contributed by atoms with van der Waals surface area (Å²) in [5, 5.41) is 13.9. The minimum absolute atomic E-state index is 0.00753. The van der Waals surface area contributed by atoms with Crippen LogP contribution in [0.25, 0.3) is 0 Å². The van der Waals surface area contributed by atoms with Crippen molar-refractivity contribution < 1.29 is 32.9 Å². The van der Waals surface area contributed by atoms with Gasteiger partial charge in [0.25, 0.3) is 7.82 Å². The van der Waals surface area contributed by atoms with Crippen LogP contribution >= 0.6 is 7.82 Å². The van der Waals surface area contributed by atoms with Gasteiger partial charge in [-0.15, -0.1) is 0 Å². The maximum absolute atomic E-state index is 13.0. The van der Waals surface area contributed by atoms with E-state index in [2.05, 4.69) is 116 Å². The summed E-state index contributed by atoms with van der Waals surface area (Å²) in [4.78, 5) is 25.6. The second-order valence-electron chi connectivity index (χ2n) is 23.4. The highest BCUT2D eigenvalue weighted by Gasteiger charge is 2.23. The lowest BCUT2D eigenvalue weighted by Gasteiger charge is -2.29. The van der Waals surface area contributed by atoms with E-state index in [0.717, 1.165) is 103 Å². The van der Waals surface area contributed by atoms with Crippen LogP contribution in [-0.2, 0) is 18.4 Å². The van der Waals surface area contributed by atoms with E-state index in [1.54, 1.807) is 6.08 Å². The Morgan fingerprint density at radius 3 is 1.11 bits per heavy atom. The van der Waals surface area contributed by atoms with Gasteiger partial charge in [-0.3, -0.25) is 9.36 Å². The van der Waals surface area contributed by atoms with Gasteiger partial charge in [0.15, 0.2) is 0 Å². The Kier molecular flexibility index (Phi) is 58.6. The Hall–Kier alpha value is -2.84. The van der Waals surface area contributed by atoms with Crippen LogP contribution in [0.5, 0.6) is 0 Å². The highest BCUT2D eigenvalue weighted by atomic mass is 31.2. The van der Waals surface area contributed by atoms with E-state index in [1.807, 2.05) is 27.2 Å². The van der Waals surface area contributed by atoms with Crippen molar-refractivity contribution in [3.05, 3.63) is 109 Å². The molecule has 0 aromatic carbocycles. The highest BCUT2D eigenvalue weighted by Crippen LogP contribution is 2.38. The maximum Gasteiger partial charge on any atom is 0.268 e. The van der Waals surface area contributed by atoms with Crippen LogP contribution in [0.4, 0.5) is 0 Å². The molecule has 2 N–H and O–H groups in total. The number of hydrogen-bond acceptors (Lipinski definition) is 6.